The Morgan fingerprint density at radius 1 is 1.17 bits per heavy atom. The summed E-state index contributed by atoms with van der Waals surface area (Å²) in [6, 6.07) is 10.8. The smallest absolute Gasteiger partial charge is 0.271 e. The van der Waals surface area contributed by atoms with Gasteiger partial charge in [-0.1, -0.05) is 12.1 Å². The lowest BCUT2D eigenvalue weighted by Crippen LogP contribution is -2.19. The summed E-state index contributed by atoms with van der Waals surface area (Å²) in [4.78, 5) is 22.3. The van der Waals surface area contributed by atoms with E-state index in [1.54, 1.807) is 30.3 Å². The molecule has 0 fully saturated rings. The topological polar surface area (TPSA) is 103 Å². The molecule has 1 aliphatic heterocycles. The zero-order valence-electron chi connectivity index (χ0n) is 12.5. The number of ether oxygens (including phenoxy) is 2. The zero-order valence-corrected chi connectivity index (χ0v) is 12.5. The van der Waals surface area contributed by atoms with Gasteiger partial charge in [-0.25, -0.2) is 5.43 Å². The molecule has 2 aromatic carbocycles. The van der Waals surface area contributed by atoms with E-state index in [4.69, 9.17) is 9.47 Å². The van der Waals surface area contributed by atoms with Crippen molar-refractivity contribution in [1.82, 2.24) is 5.43 Å². The molecule has 0 radical (unpaired) electrons. The van der Waals surface area contributed by atoms with E-state index >= 15 is 0 Å². The lowest BCUT2D eigenvalue weighted by Gasteiger charge is -2.18. The van der Waals surface area contributed by atoms with Crippen molar-refractivity contribution in [2.45, 2.75) is 0 Å². The highest BCUT2D eigenvalue weighted by atomic mass is 16.6. The van der Waals surface area contributed by atoms with E-state index < -0.39 is 10.8 Å². The molecular formula is C16H13N3O5. The van der Waals surface area contributed by atoms with E-state index in [1.165, 1.54) is 18.3 Å². The van der Waals surface area contributed by atoms with Gasteiger partial charge in [-0.3, -0.25) is 14.9 Å². The van der Waals surface area contributed by atoms with Crippen LogP contribution in [0.2, 0.25) is 0 Å². The molecule has 1 amide bonds. The summed E-state index contributed by atoms with van der Waals surface area (Å²) in [6.07, 6.45) is 1.34. The van der Waals surface area contributed by atoms with Crippen molar-refractivity contribution in [3.05, 3.63) is 63.7 Å². The number of non-ortho nitro benzene ring substituents is 1. The van der Waals surface area contributed by atoms with Gasteiger partial charge in [-0.05, 0) is 18.2 Å². The second-order valence-electron chi connectivity index (χ2n) is 4.91. The number of hydrazone groups is 1. The monoisotopic (exact) mass is 327 g/mol. The molecule has 2 aromatic rings. The average molecular weight is 327 g/mol. The van der Waals surface area contributed by atoms with Crippen molar-refractivity contribution in [2.75, 3.05) is 13.2 Å². The highest BCUT2D eigenvalue weighted by molar-refractivity contribution is 5.95. The summed E-state index contributed by atoms with van der Waals surface area (Å²) in [5.74, 6) is 0.683. The first kappa shape index (κ1) is 15.5. The van der Waals surface area contributed by atoms with E-state index in [0.717, 1.165) is 0 Å². The van der Waals surface area contributed by atoms with Crippen LogP contribution in [-0.4, -0.2) is 30.3 Å². The molecule has 0 aromatic heterocycles. The van der Waals surface area contributed by atoms with Gasteiger partial charge in [0, 0.05) is 23.3 Å². The van der Waals surface area contributed by atoms with Crippen LogP contribution in [-0.2, 0) is 0 Å². The number of nitro groups is 1. The Morgan fingerprint density at radius 3 is 2.75 bits per heavy atom. The van der Waals surface area contributed by atoms with Crippen molar-refractivity contribution >= 4 is 17.8 Å². The first-order valence-corrected chi connectivity index (χ1v) is 7.11. The van der Waals surface area contributed by atoms with Crippen molar-refractivity contribution in [3.63, 3.8) is 0 Å². The van der Waals surface area contributed by atoms with E-state index in [9.17, 15) is 14.9 Å². The van der Waals surface area contributed by atoms with Crippen molar-refractivity contribution in [1.29, 1.82) is 0 Å². The van der Waals surface area contributed by atoms with Gasteiger partial charge in [0.15, 0.2) is 11.5 Å². The Bertz CT molecular complexity index is 819. The number of hydrogen-bond acceptors (Lipinski definition) is 6. The van der Waals surface area contributed by atoms with Gasteiger partial charge in [0.2, 0.25) is 0 Å². The minimum Gasteiger partial charge on any atom is -0.486 e. The normalized spacial score (nSPS) is 12.8. The fourth-order valence-corrected chi connectivity index (χ4v) is 2.13. The summed E-state index contributed by atoms with van der Waals surface area (Å²) >= 11 is 0. The Morgan fingerprint density at radius 2 is 1.96 bits per heavy atom. The molecular weight excluding hydrogens is 314 g/mol. The Hall–Kier alpha value is -3.42. The summed E-state index contributed by atoms with van der Waals surface area (Å²) < 4.78 is 10.8. The van der Waals surface area contributed by atoms with Crippen LogP contribution in [0.25, 0.3) is 0 Å². The molecule has 1 aliphatic rings. The molecule has 8 nitrogen and oxygen atoms in total. The number of hydrogen-bond donors (Lipinski definition) is 1. The highest BCUT2D eigenvalue weighted by Crippen LogP contribution is 2.30. The van der Waals surface area contributed by atoms with Crippen LogP contribution in [0.3, 0.4) is 0 Å². The molecule has 122 valence electrons. The number of fused-ring (bicyclic) bond motifs is 1. The zero-order chi connectivity index (χ0) is 16.9. The summed E-state index contributed by atoms with van der Waals surface area (Å²) in [5, 5.41) is 14.5. The van der Waals surface area contributed by atoms with Gasteiger partial charge in [0.25, 0.3) is 11.6 Å². The molecule has 0 aliphatic carbocycles. The average Bonchev–Trinajstić information content (AvgIpc) is 2.61. The number of amides is 1. The molecule has 24 heavy (non-hydrogen) atoms. The lowest BCUT2D eigenvalue weighted by atomic mass is 10.2. The third-order valence-corrected chi connectivity index (χ3v) is 3.27. The van der Waals surface area contributed by atoms with Gasteiger partial charge in [0.1, 0.15) is 13.2 Å². The van der Waals surface area contributed by atoms with Crippen LogP contribution in [0.4, 0.5) is 5.69 Å². The number of benzene rings is 2. The molecule has 0 saturated heterocycles. The number of carbonyl (C=O) groups excluding carboxylic acids is 1. The summed E-state index contributed by atoms with van der Waals surface area (Å²) in [5.41, 5.74) is 3.20. The van der Waals surface area contributed by atoms with E-state index in [2.05, 4.69) is 10.5 Å². The van der Waals surface area contributed by atoms with Gasteiger partial charge in [0.05, 0.1) is 11.1 Å². The summed E-state index contributed by atoms with van der Waals surface area (Å²) in [6.45, 7) is 0.912. The van der Waals surface area contributed by atoms with Crippen LogP contribution in [0.1, 0.15) is 15.9 Å². The van der Waals surface area contributed by atoms with Crippen LogP contribution >= 0.6 is 0 Å². The van der Waals surface area contributed by atoms with E-state index in [1.807, 2.05) is 0 Å². The molecule has 0 bridgehead atoms. The van der Waals surface area contributed by atoms with E-state index in [0.29, 0.717) is 35.8 Å². The third kappa shape index (κ3) is 3.49. The van der Waals surface area contributed by atoms with Crippen molar-refractivity contribution < 1.29 is 19.2 Å². The van der Waals surface area contributed by atoms with Crippen LogP contribution in [0.15, 0.2) is 47.6 Å². The largest absolute Gasteiger partial charge is 0.486 e. The Kier molecular flexibility index (Phi) is 4.37. The molecule has 0 atom stereocenters. The maximum atomic E-state index is 12.1. The molecule has 3 rings (SSSR count). The number of nitrogens with zero attached hydrogens (tertiary/aromatic N) is 2. The predicted molar refractivity (Wildman–Crippen MR) is 85.6 cm³/mol. The Labute approximate surface area is 136 Å². The fraction of sp³-hybridized carbons (Fsp3) is 0.125. The van der Waals surface area contributed by atoms with Crippen LogP contribution < -0.4 is 14.9 Å². The quantitative estimate of drug-likeness (QED) is 0.526. The van der Waals surface area contributed by atoms with Crippen molar-refractivity contribution in [3.8, 4) is 11.5 Å². The SMILES string of the molecule is O=C(N/N=C\c1cccc([N+](=O)[O-])c1)c1ccc2c(c1)OCCO2. The second-order valence-corrected chi connectivity index (χ2v) is 4.91. The standard InChI is InChI=1S/C16H13N3O5/c20-16(12-4-5-14-15(9-12)24-7-6-23-14)18-17-10-11-2-1-3-13(8-11)19(21)22/h1-5,8-10H,6-7H2,(H,18,20)/b17-10-. The van der Waals surface area contributed by atoms with Crippen LogP contribution in [0.5, 0.6) is 11.5 Å². The Balaban J connectivity index is 1.67. The van der Waals surface area contributed by atoms with Crippen LogP contribution in [0, 0.1) is 10.1 Å². The molecule has 1 N–H and O–H groups in total. The second kappa shape index (κ2) is 6.78. The lowest BCUT2D eigenvalue weighted by molar-refractivity contribution is -0.384. The van der Waals surface area contributed by atoms with Gasteiger partial charge < -0.3 is 9.47 Å². The minimum absolute atomic E-state index is 0.0443. The third-order valence-electron chi connectivity index (χ3n) is 3.27. The minimum atomic E-state index is -0.495. The van der Waals surface area contributed by atoms with E-state index in [-0.39, 0.29) is 5.69 Å². The molecule has 8 heteroatoms. The van der Waals surface area contributed by atoms with Gasteiger partial charge in [-0.15, -0.1) is 0 Å². The number of carbonyl (C=O) groups is 1. The van der Waals surface area contributed by atoms with Gasteiger partial charge in [-0.2, -0.15) is 5.10 Å². The first-order chi connectivity index (χ1) is 11.6. The number of nitrogens with one attached hydrogen (secondary N) is 1. The molecule has 1 heterocycles. The molecule has 0 unspecified atom stereocenters. The maximum Gasteiger partial charge on any atom is 0.271 e. The molecule has 0 saturated carbocycles. The maximum absolute atomic E-state index is 12.1. The van der Waals surface area contributed by atoms with Gasteiger partial charge >= 0.3 is 0 Å². The highest BCUT2D eigenvalue weighted by Gasteiger charge is 2.14. The summed E-state index contributed by atoms with van der Waals surface area (Å²) in [7, 11) is 0. The first-order valence-electron chi connectivity index (χ1n) is 7.11. The number of nitro benzene ring substituents is 1. The fourth-order valence-electron chi connectivity index (χ4n) is 2.13. The molecule has 0 spiro atoms. The number of rotatable bonds is 4. The van der Waals surface area contributed by atoms with Crippen molar-refractivity contribution in [2.24, 2.45) is 5.10 Å². The predicted octanol–water partition coefficient (Wildman–Crippen LogP) is 2.13.